The smallest absolute Gasteiger partial charge is 0.401 e. The van der Waals surface area contributed by atoms with E-state index in [0.717, 1.165) is 5.69 Å². The van der Waals surface area contributed by atoms with Crippen LogP contribution in [0.1, 0.15) is 17.3 Å². The molecule has 0 N–H and O–H groups in total. The monoisotopic (exact) mass is 231 g/mol. The fourth-order valence-electron chi connectivity index (χ4n) is 1.26. The van der Waals surface area contributed by atoms with Crippen molar-refractivity contribution < 1.29 is 9.34 Å². The summed E-state index contributed by atoms with van der Waals surface area (Å²) in [6.45, 7) is 1.79. The minimum absolute atomic E-state index is 0.275. The number of furan rings is 1. The first kappa shape index (κ1) is 11.0. The van der Waals surface area contributed by atoms with E-state index in [1.54, 1.807) is 31.3 Å². The van der Waals surface area contributed by atoms with Crippen LogP contribution >= 0.6 is 0 Å². The largest absolute Gasteiger partial charge is 0.433 e. The molecular formula is C11H9N3O3. The van der Waals surface area contributed by atoms with Gasteiger partial charge >= 0.3 is 5.88 Å². The van der Waals surface area contributed by atoms with E-state index in [9.17, 15) is 10.1 Å². The molecule has 0 bridgehead atoms. The zero-order valence-electron chi connectivity index (χ0n) is 9.03. The van der Waals surface area contributed by atoms with Crippen molar-refractivity contribution in [3.05, 3.63) is 51.8 Å². The third-order valence-electron chi connectivity index (χ3n) is 2.01. The van der Waals surface area contributed by atoms with Crippen LogP contribution in [0.3, 0.4) is 0 Å². The molecule has 2 aromatic heterocycles. The molecule has 0 spiro atoms. The molecule has 86 valence electrons. The van der Waals surface area contributed by atoms with Crippen molar-refractivity contribution in [2.24, 2.45) is 0 Å². The second kappa shape index (κ2) is 4.56. The summed E-state index contributed by atoms with van der Waals surface area (Å²) >= 11 is 0. The van der Waals surface area contributed by atoms with Crippen LogP contribution in [0.15, 0.2) is 28.8 Å². The highest BCUT2D eigenvalue weighted by Crippen LogP contribution is 2.17. The Morgan fingerprint density at radius 2 is 2.18 bits per heavy atom. The molecular weight excluding hydrogens is 222 g/mol. The summed E-state index contributed by atoms with van der Waals surface area (Å²) < 4.78 is 4.97. The van der Waals surface area contributed by atoms with E-state index < -0.39 is 4.92 Å². The Kier molecular flexibility index (Phi) is 2.95. The molecule has 0 amide bonds. The lowest BCUT2D eigenvalue weighted by atomic mass is 10.3. The van der Waals surface area contributed by atoms with Gasteiger partial charge in [0.15, 0.2) is 0 Å². The fourth-order valence-corrected chi connectivity index (χ4v) is 1.26. The predicted molar refractivity (Wildman–Crippen MR) is 61.1 cm³/mol. The molecule has 0 fully saturated rings. The molecule has 2 heterocycles. The van der Waals surface area contributed by atoms with E-state index in [1.165, 1.54) is 12.1 Å². The number of hydrogen-bond donors (Lipinski definition) is 0. The fraction of sp³-hybridized carbons (Fsp3) is 0.0909. The van der Waals surface area contributed by atoms with Crippen molar-refractivity contribution in [1.29, 1.82) is 0 Å². The van der Waals surface area contributed by atoms with Crippen LogP contribution in [0.2, 0.25) is 0 Å². The first-order chi connectivity index (χ1) is 8.15. The van der Waals surface area contributed by atoms with Gasteiger partial charge < -0.3 is 4.42 Å². The lowest BCUT2D eigenvalue weighted by molar-refractivity contribution is -0.402. The molecule has 6 nitrogen and oxygen atoms in total. The van der Waals surface area contributed by atoms with Crippen LogP contribution in [-0.2, 0) is 0 Å². The van der Waals surface area contributed by atoms with Crippen molar-refractivity contribution in [2.75, 3.05) is 0 Å². The summed E-state index contributed by atoms with van der Waals surface area (Å²) in [5.41, 5.74) is 0.719. The van der Waals surface area contributed by atoms with Gasteiger partial charge in [0.05, 0.1) is 11.8 Å². The summed E-state index contributed by atoms with van der Waals surface area (Å²) in [4.78, 5) is 17.9. The lowest BCUT2D eigenvalue weighted by Gasteiger charge is -1.92. The molecule has 0 aliphatic carbocycles. The van der Waals surface area contributed by atoms with Gasteiger partial charge in [-0.1, -0.05) is 0 Å². The highest BCUT2D eigenvalue weighted by Gasteiger charge is 2.09. The maximum Gasteiger partial charge on any atom is 0.433 e. The van der Waals surface area contributed by atoms with Gasteiger partial charge in [-0.05, 0) is 31.2 Å². The van der Waals surface area contributed by atoms with Crippen LogP contribution in [0, 0.1) is 17.0 Å². The van der Waals surface area contributed by atoms with Gasteiger partial charge in [-0.15, -0.1) is 0 Å². The number of aryl methyl sites for hydroxylation is 1. The normalized spacial score (nSPS) is 10.9. The molecule has 0 aromatic carbocycles. The second-order valence-corrected chi connectivity index (χ2v) is 3.30. The third-order valence-corrected chi connectivity index (χ3v) is 2.01. The Labute approximate surface area is 96.8 Å². The predicted octanol–water partition coefficient (Wildman–Crippen LogP) is 2.46. The Bertz CT molecular complexity index is 575. The first-order valence-electron chi connectivity index (χ1n) is 4.87. The van der Waals surface area contributed by atoms with Crippen molar-refractivity contribution in [2.45, 2.75) is 6.92 Å². The minimum atomic E-state index is -0.577. The first-order valence-corrected chi connectivity index (χ1v) is 4.87. The molecule has 2 rings (SSSR count). The van der Waals surface area contributed by atoms with E-state index in [4.69, 9.17) is 4.42 Å². The number of aromatic nitrogens is 2. The van der Waals surface area contributed by atoms with Gasteiger partial charge in [0.1, 0.15) is 16.5 Å². The summed E-state index contributed by atoms with van der Waals surface area (Å²) in [6, 6.07) is 4.58. The van der Waals surface area contributed by atoms with E-state index in [0.29, 0.717) is 11.6 Å². The molecule has 0 unspecified atom stereocenters. The van der Waals surface area contributed by atoms with E-state index >= 15 is 0 Å². The van der Waals surface area contributed by atoms with Gasteiger partial charge in [0.25, 0.3) is 0 Å². The van der Waals surface area contributed by atoms with Crippen LogP contribution < -0.4 is 0 Å². The number of hydrogen-bond acceptors (Lipinski definition) is 5. The van der Waals surface area contributed by atoms with Crippen molar-refractivity contribution >= 4 is 18.0 Å². The zero-order valence-corrected chi connectivity index (χ0v) is 9.03. The van der Waals surface area contributed by atoms with Gasteiger partial charge in [-0.2, -0.15) is 0 Å². The molecule has 17 heavy (non-hydrogen) atoms. The zero-order chi connectivity index (χ0) is 12.3. The quantitative estimate of drug-likeness (QED) is 0.598. The standard InChI is InChI=1S/C11H9N3O3/c1-8-12-7-6-9(13-8)2-3-10-4-5-11(17-10)14(15)16/h2-7H,1H3/b3-2+. The van der Waals surface area contributed by atoms with E-state index in [2.05, 4.69) is 9.97 Å². The maximum absolute atomic E-state index is 10.4. The van der Waals surface area contributed by atoms with E-state index in [1.807, 2.05) is 0 Å². The lowest BCUT2D eigenvalue weighted by Crippen LogP contribution is -1.87. The minimum Gasteiger partial charge on any atom is -0.401 e. The van der Waals surface area contributed by atoms with Gasteiger partial charge in [0.2, 0.25) is 0 Å². The molecule has 0 saturated heterocycles. The highest BCUT2D eigenvalue weighted by molar-refractivity contribution is 5.65. The van der Waals surface area contributed by atoms with Gasteiger partial charge in [-0.3, -0.25) is 10.1 Å². The Morgan fingerprint density at radius 3 is 2.82 bits per heavy atom. The van der Waals surface area contributed by atoms with Crippen molar-refractivity contribution in [3.8, 4) is 0 Å². The maximum atomic E-state index is 10.4. The molecule has 0 saturated carbocycles. The van der Waals surface area contributed by atoms with Crippen molar-refractivity contribution in [1.82, 2.24) is 9.97 Å². The third kappa shape index (κ3) is 2.75. The van der Waals surface area contributed by atoms with E-state index in [-0.39, 0.29) is 5.88 Å². The Balaban J connectivity index is 2.17. The second-order valence-electron chi connectivity index (χ2n) is 3.30. The average Bonchev–Trinajstić information content (AvgIpc) is 2.75. The SMILES string of the molecule is Cc1nccc(/C=C/c2ccc([N+](=O)[O-])o2)n1. The molecule has 2 aromatic rings. The number of rotatable bonds is 3. The molecule has 0 radical (unpaired) electrons. The number of nitrogens with zero attached hydrogens (tertiary/aromatic N) is 3. The summed E-state index contributed by atoms with van der Waals surface area (Å²) in [6.07, 6.45) is 4.97. The molecule has 0 aliphatic heterocycles. The van der Waals surface area contributed by atoms with Crippen LogP contribution in [-0.4, -0.2) is 14.9 Å². The Hall–Kier alpha value is -2.50. The summed E-state index contributed by atoms with van der Waals surface area (Å²) in [7, 11) is 0. The van der Waals surface area contributed by atoms with Crippen LogP contribution in [0.25, 0.3) is 12.2 Å². The van der Waals surface area contributed by atoms with Crippen LogP contribution in [0.5, 0.6) is 0 Å². The van der Waals surface area contributed by atoms with Crippen molar-refractivity contribution in [3.63, 3.8) is 0 Å². The summed E-state index contributed by atoms with van der Waals surface area (Å²) in [5, 5.41) is 10.4. The van der Waals surface area contributed by atoms with Crippen LogP contribution in [0.4, 0.5) is 5.88 Å². The highest BCUT2D eigenvalue weighted by atomic mass is 16.6. The molecule has 6 heteroatoms. The average molecular weight is 231 g/mol. The van der Waals surface area contributed by atoms with Gasteiger partial charge in [-0.25, -0.2) is 9.97 Å². The Morgan fingerprint density at radius 1 is 1.35 bits per heavy atom. The molecule has 0 atom stereocenters. The van der Waals surface area contributed by atoms with Gasteiger partial charge in [0, 0.05) is 6.20 Å². The number of nitro groups is 1. The topological polar surface area (TPSA) is 82.1 Å². The molecule has 0 aliphatic rings. The summed E-state index contributed by atoms with van der Waals surface area (Å²) in [5.74, 6) is 0.800.